The monoisotopic (exact) mass is 414 g/mol. The van der Waals surface area contributed by atoms with Crippen molar-refractivity contribution in [1.82, 2.24) is 10.2 Å². The molecule has 1 fully saturated rings. The van der Waals surface area contributed by atoms with Gasteiger partial charge in [-0.05, 0) is 37.1 Å². The van der Waals surface area contributed by atoms with Crippen LogP contribution in [0.3, 0.4) is 0 Å². The third-order valence-corrected chi connectivity index (χ3v) is 3.81. The molecule has 5 heteroatoms. The van der Waals surface area contributed by atoms with Gasteiger partial charge in [-0.1, -0.05) is 36.8 Å². The number of piperidine rings is 1. The van der Waals surface area contributed by atoms with Crippen molar-refractivity contribution in [3.63, 3.8) is 0 Å². The van der Waals surface area contributed by atoms with Gasteiger partial charge in [0, 0.05) is 13.1 Å². The van der Waals surface area contributed by atoms with E-state index in [0.717, 1.165) is 6.54 Å². The topological polar surface area (TPSA) is 53.6 Å². The smallest absolute Gasteiger partial charge is 0.189 e. The molecule has 1 heterocycles. The van der Waals surface area contributed by atoms with Gasteiger partial charge < -0.3 is 11.1 Å². The van der Waals surface area contributed by atoms with Gasteiger partial charge in [-0.3, -0.25) is 4.90 Å². The Morgan fingerprint density at radius 3 is 2.59 bits per heavy atom. The zero-order chi connectivity index (χ0) is 14.9. The molecular formula is C17H27IN4. The lowest BCUT2D eigenvalue weighted by atomic mass is 10.1. The first-order chi connectivity index (χ1) is 10.3. The molecule has 3 N–H and O–H groups in total. The van der Waals surface area contributed by atoms with Gasteiger partial charge in [0.1, 0.15) is 0 Å². The molecule has 0 amide bonds. The lowest BCUT2D eigenvalue weighted by Crippen LogP contribution is -2.31. The summed E-state index contributed by atoms with van der Waals surface area (Å²) < 4.78 is 0. The van der Waals surface area contributed by atoms with Crippen molar-refractivity contribution in [1.29, 1.82) is 0 Å². The van der Waals surface area contributed by atoms with Crippen LogP contribution in [-0.2, 0) is 13.1 Å². The fraction of sp³-hybridized carbons (Fsp3) is 0.471. The lowest BCUT2D eigenvalue weighted by molar-refractivity contribution is 0.220. The van der Waals surface area contributed by atoms with Crippen LogP contribution in [0.5, 0.6) is 0 Å². The Morgan fingerprint density at radius 2 is 1.91 bits per heavy atom. The van der Waals surface area contributed by atoms with Crippen LogP contribution in [-0.4, -0.2) is 30.5 Å². The van der Waals surface area contributed by atoms with E-state index < -0.39 is 0 Å². The second-order valence-corrected chi connectivity index (χ2v) is 5.48. The van der Waals surface area contributed by atoms with Crippen LogP contribution < -0.4 is 11.1 Å². The van der Waals surface area contributed by atoms with E-state index in [1.165, 1.54) is 43.5 Å². The number of hydrogen-bond donors (Lipinski definition) is 2. The Kier molecular flexibility index (Phi) is 9.15. The average molecular weight is 414 g/mol. The number of hydrogen-bond acceptors (Lipinski definition) is 2. The largest absolute Gasteiger partial charge is 0.370 e. The van der Waals surface area contributed by atoms with E-state index in [4.69, 9.17) is 5.73 Å². The first-order valence-electron chi connectivity index (χ1n) is 7.73. The predicted octanol–water partition coefficient (Wildman–Crippen LogP) is 2.88. The summed E-state index contributed by atoms with van der Waals surface area (Å²) in [5.74, 6) is 0.475. The van der Waals surface area contributed by atoms with Crippen molar-refractivity contribution in [2.75, 3.05) is 19.6 Å². The summed E-state index contributed by atoms with van der Waals surface area (Å²) in [6.07, 6.45) is 5.78. The molecule has 1 saturated heterocycles. The average Bonchev–Trinajstić information content (AvgIpc) is 2.53. The summed E-state index contributed by atoms with van der Waals surface area (Å²) in [6, 6.07) is 8.51. The van der Waals surface area contributed by atoms with E-state index in [1.54, 1.807) is 6.08 Å². The number of aliphatic imine (C=N–C) groups is 1. The Labute approximate surface area is 150 Å². The van der Waals surface area contributed by atoms with E-state index in [0.29, 0.717) is 19.0 Å². The fourth-order valence-electron chi connectivity index (χ4n) is 2.63. The zero-order valence-corrected chi connectivity index (χ0v) is 15.5. The normalized spacial score (nSPS) is 15.9. The summed E-state index contributed by atoms with van der Waals surface area (Å²) in [5, 5.41) is 3.00. The molecular weight excluding hydrogens is 387 g/mol. The Bertz CT molecular complexity index is 481. The van der Waals surface area contributed by atoms with Crippen LogP contribution in [0.25, 0.3) is 0 Å². The van der Waals surface area contributed by atoms with Gasteiger partial charge in [-0.2, -0.15) is 0 Å². The number of guanidine groups is 1. The first-order valence-corrected chi connectivity index (χ1v) is 7.73. The second-order valence-electron chi connectivity index (χ2n) is 5.48. The number of nitrogens with one attached hydrogen (secondary N) is 1. The Balaban J connectivity index is 0.00000242. The summed E-state index contributed by atoms with van der Waals surface area (Å²) in [7, 11) is 0. The van der Waals surface area contributed by atoms with Crippen molar-refractivity contribution in [2.24, 2.45) is 10.7 Å². The fourth-order valence-corrected chi connectivity index (χ4v) is 2.63. The van der Waals surface area contributed by atoms with Crippen LogP contribution in [0, 0.1) is 0 Å². The van der Waals surface area contributed by atoms with Crippen molar-refractivity contribution in [3.8, 4) is 0 Å². The maximum absolute atomic E-state index is 5.82. The Morgan fingerprint density at radius 1 is 1.23 bits per heavy atom. The highest BCUT2D eigenvalue weighted by Gasteiger charge is 2.12. The maximum Gasteiger partial charge on any atom is 0.189 e. The van der Waals surface area contributed by atoms with E-state index in [2.05, 4.69) is 46.1 Å². The minimum atomic E-state index is 0. The van der Waals surface area contributed by atoms with Crippen molar-refractivity contribution in [3.05, 3.63) is 48.0 Å². The number of nitrogens with two attached hydrogens (primary N) is 1. The highest BCUT2D eigenvalue weighted by Crippen LogP contribution is 2.16. The van der Waals surface area contributed by atoms with E-state index in [-0.39, 0.29) is 24.0 Å². The minimum Gasteiger partial charge on any atom is -0.370 e. The van der Waals surface area contributed by atoms with Gasteiger partial charge in [0.15, 0.2) is 5.96 Å². The maximum atomic E-state index is 5.82. The first kappa shape index (κ1) is 19.0. The van der Waals surface area contributed by atoms with Crippen molar-refractivity contribution in [2.45, 2.75) is 32.4 Å². The van der Waals surface area contributed by atoms with Gasteiger partial charge in [0.2, 0.25) is 0 Å². The molecule has 122 valence electrons. The van der Waals surface area contributed by atoms with Gasteiger partial charge in [0.25, 0.3) is 0 Å². The molecule has 1 aliphatic heterocycles. The van der Waals surface area contributed by atoms with Crippen LogP contribution in [0.2, 0.25) is 0 Å². The quantitative estimate of drug-likeness (QED) is 0.326. The highest BCUT2D eigenvalue weighted by molar-refractivity contribution is 14.0. The predicted molar refractivity (Wildman–Crippen MR) is 105 cm³/mol. The van der Waals surface area contributed by atoms with Gasteiger partial charge in [-0.25, -0.2) is 4.99 Å². The molecule has 0 aliphatic carbocycles. The number of halogens is 1. The molecule has 0 atom stereocenters. The molecule has 22 heavy (non-hydrogen) atoms. The molecule has 1 aliphatic rings. The molecule has 0 radical (unpaired) electrons. The third-order valence-electron chi connectivity index (χ3n) is 3.81. The molecule has 0 aromatic heterocycles. The molecule has 0 saturated carbocycles. The highest BCUT2D eigenvalue weighted by atomic mass is 127. The lowest BCUT2D eigenvalue weighted by Gasteiger charge is -2.27. The van der Waals surface area contributed by atoms with Crippen LogP contribution in [0.4, 0.5) is 0 Å². The molecule has 2 rings (SSSR count). The number of nitrogens with zero attached hydrogens (tertiary/aromatic N) is 2. The number of likely N-dealkylation sites (tertiary alicyclic amines) is 1. The molecule has 0 bridgehead atoms. The van der Waals surface area contributed by atoms with E-state index in [9.17, 15) is 0 Å². The van der Waals surface area contributed by atoms with Crippen molar-refractivity contribution >= 4 is 29.9 Å². The Hall–Kier alpha value is -1.08. The standard InChI is InChI=1S/C17H26N4.HI/c1-2-10-19-17(18)20-13-15-8-4-5-9-16(15)14-21-11-6-3-7-12-21;/h2,4-5,8-9H,1,3,6-7,10-14H2,(H3,18,19,20);1H. The van der Waals surface area contributed by atoms with Crippen LogP contribution >= 0.6 is 24.0 Å². The molecule has 4 nitrogen and oxygen atoms in total. The molecule has 0 unspecified atom stereocenters. The van der Waals surface area contributed by atoms with Gasteiger partial charge >= 0.3 is 0 Å². The zero-order valence-electron chi connectivity index (χ0n) is 13.1. The minimum absolute atomic E-state index is 0. The SMILES string of the molecule is C=CCNC(N)=NCc1ccccc1CN1CCCCC1.I. The number of rotatable bonds is 6. The summed E-state index contributed by atoms with van der Waals surface area (Å²) in [6.45, 7) is 8.36. The van der Waals surface area contributed by atoms with Gasteiger partial charge in [-0.15, -0.1) is 30.6 Å². The van der Waals surface area contributed by atoms with Crippen LogP contribution in [0.15, 0.2) is 41.9 Å². The van der Waals surface area contributed by atoms with E-state index >= 15 is 0 Å². The van der Waals surface area contributed by atoms with Crippen LogP contribution in [0.1, 0.15) is 30.4 Å². The molecule has 0 spiro atoms. The summed E-state index contributed by atoms with van der Waals surface area (Å²) in [5.41, 5.74) is 8.44. The molecule has 1 aromatic rings. The summed E-state index contributed by atoms with van der Waals surface area (Å²) >= 11 is 0. The second kappa shape index (κ2) is 10.6. The van der Waals surface area contributed by atoms with Crippen molar-refractivity contribution < 1.29 is 0 Å². The third kappa shape index (κ3) is 6.36. The van der Waals surface area contributed by atoms with Gasteiger partial charge in [0.05, 0.1) is 6.54 Å². The summed E-state index contributed by atoms with van der Waals surface area (Å²) in [4.78, 5) is 6.94. The number of benzene rings is 1. The molecule has 1 aromatic carbocycles. The van der Waals surface area contributed by atoms with E-state index in [1.807, 2.05) is 0 Å².